The lowest BCUT2D eigenvalue weighted by Crippen LogP contribution is -1.97. The standard InChI is InChI=1S/C12H15O/c1-3-13-11-6-4-5-9(2)12(11)10-7-8-10/h4-6,10H,2-3,7-8H2,1H3. The Labute approximate surface area is 79.7 Å². The van der Waals surface area contributed by atoms with Gasteiger partial charge >= 0.3 is 0 Å². The first kappa shape index (κ1) is 8.61. The maximum atomic E-state index is 5.58. The van der Waals surface area contributed by atoms with Crippen molar-refractivity contribution in [2.45, 2.75) is 25.7 Å². The van der Waals surface area contributed by atoms with Crippen molar-refractivity contribution in [3.8, 4) is 5.75 Å². The molecule has 1 fully saturated rings. The first-order chi connectivity index (χ1) is 6.33. The van der Waals surface area contributed by atoms with E-state index in [1.807, 2.05) is 19.1 Å². The van der Waals surface area contributed by atoms with Gasteiger partial charge in [0.25, 0.3) is 0 Å². The Morgan fingerprint density at radius 2 is 2.23 bits per heavy atom. The zero-order valence-corrected chi connectivity index (χ0v) is 8.05. The summed E-state index contributed by atoms with van der Waals surface area (Å²) in [5, 5.41) is 0. The van der Waals surface area contributed by atoms with Crippen LogP contribution in [0.2, 0.25) is 0 Å². The third-order valence-corrected chi connectivity index (χ3v) is 2.44. The van der Waals surface area contributed by atoms with Gasteiger partial charge in [0.05, 0.1) is 6.61 Å². The molecule has 1 radical (unpaired) electrons. The highest BCUT2D eigenvalue weighted by Gasteiger charge is 2.28. The van der Waals surface area contributed by atoms with Crippen LogP contribution >= 0.6 is 0 Å². The van der Waals surface area contributed by atoms with E-state index in [9.17, 15) is 0 Å². The van der Waals surface area contributed by atoms with Crippen molar-refractivity contribution >= 4 is 0 Å². The van der Waals surface area contributed by atoms with Gasteiger partial charge in [-0.15, -0.1) is 0 Å². The second-order valence-corrected chi connectivity index (χ2v) is 3.54. The van der Waals surface area contributed by atoms with Gasteiger partial charge in [0.2, 0.25) is 0 Å². The molecule has 2 rings (SSSR count). The Kier molecular flexibility index (Phi) is 2.26. The zero-order valence-electron chi connectivity index (χ0n) is 8.05. The Balaban J connectivity index is 2.35. The van der Waals surface area contributed by atoms with E-state index in [1.165, 1.54) is 18.4 Å². The zero-order chi connectivity index (χ0) is 9.26. The molecule has 0 spiro atoms. The van der Waals surface area contributed by atoms with Crippen LogP contribution in [-0.2, 0) is 0 Å². The van der Waals surface area contributed by atoms with Crippen LogP contribution in [0.4, 0.5) is 0 Å². The Morgan fingerprint density at radius 3 is 2.85 bits per heavy atom. The minimum Gasteiger partial charge on any atom is -0.494 e. The molecule has 1 nitrogen and oxygen atoms in total. The van der Waals surface area contributed by atoms with Gasteiger partial charge in [-0.3, -0.25) is 0 Å². The number of rotatable bonds is 3. The molecule has 1 aromatic rings. The van der Waals surface area contributed by atoms with E-state index in [0.29, 0.717) is 0 Å². The number of benzene rings is 1. The van der Waals surface area contributed by atoms with Crippen LogP contribution in [-0.4, -0.2) is 6.61 Å². The molecule has 0 unspecified atom stereocenters. The van der Waals surface area contributed by atoms with Gasteiger partial charge in [-0.2, -0.15) is 0 Å². The minimum atomic E-state index is 0.718. The fourth-order valence-corrected chi connectivity index (χ4v) is 1.71. The fourth-order valence-electron chi connectivity index (χ4n) is 1.71. The minimum absolute atomic E-state index is 0.718. The Bertz CT molecular complexity index is 300. The molecule has 1 aliphatic carbocycles. The van der Waals surface area contributed by atoms with Crippen molar-refractivity contribution in [2.24, 2.45) is 0 Å². The third kappa shape index (κ3) is 1.69. The second kappa shape index (κ2) is 3.41. The average Bonchev–Trinajstić information content (AvgIpc) is 2.88. The summed E-state index contributed by atoms with van der Waals surface area (Å²) in [6.07, 6.45) is 2.60. The van der Waals surface area contributed by atoms with Crippen LogP contribution in [0.25, 0.3) is 0 Å². The van der Waals surface area contributed by atoms with Crippen molar-refractivity contribution in [2.75, 3.05) is 6.61 Å². The van der Waals surface area contributed by atoms with E-state index in [2.05, 4.69) is 13.0 Å². The molecule has 1 heteroatoms. The van der Waals surface area contributed by atoms with Gasteiger partial charge in [0.15, 0.2) is 0 Å². The normalized spacial score (nSPS) is 15.8. The van der Waals surface area contributed by atoms with Crippen molar-refractivity contribution in [1.82, 2.24) is 0 Å². The summed E-state index contributed by atoms with van der Waals surface area (Å²) >= 11 is 0. The van der Waals surface area contributed by atoms with Gasteiger partial charge in [0.1, 0.15) is 5.75 Å². The number of hydrogen-bond donors (Lipinski definition) is 0. The molecule has 0 atom stereocenters. The second-order valence-electron chi connectivity index (χ2n) is 3.54. The summed E-state index contributed by atoms with van der Waals surface area (Å²) in [6, 6.07) is 6.13. The van der Waals surface area contributed by atoms with E-state index in [4.69, 9.17) is 4.74 Å². The third-order valence-electron chi connectivity index (χ3n) is 2.44. The predicted octanol–water partition coefficient (Wildman–Crippen LogP) is 3.14. The van der Waals surface area contributed by atoms with Gasteiger partial charge in [-0.05, 0) is 44.2 Å². The highest BCUT2D eigenvalue weighted by Crippen LogP contribution is 2.45. The predicted molar refractivity (Wildman–Crippen MR) is 54.0 cm³/mol. The summed E-state index contributed by atoms with van der Waals surface area (Å²) in [5.41, 5.74) is 2.47. The summed E-state index contributed by atoms with van der Waals surface area (Å²) in [4.78, 5) is 0. The van der Waals surface area contributed by atoms with Crippen LogP contribution in [0, 0.1) is 6.92 Å². The maximum absolute atomic E-state index is 5.58. The van der Waals surface area contributed by atoms with Gasteiger partial charge in [-0.25, -0.2) is 0 Å². The SMILES string of the molecule is [CH2]c1cccc(OCC)c1C1CC1. The molecule has 0 aliphatic heterocycles. The molecule has 1 aliphatic rings. The maximum Gasteiger partial charge on any atom is 0.123 e. The van der Waals surface area contributed by atoms with Crippen LogP contribution < -0.4 is 4.74 Å². The van der Waals surface area contributed by atoms with Gasteiger partial charge < -0.3 is 4.74 Å². The molecule has 0 heterocycles. The molecule has 13 heavy (non-hydrogen) atoms. The van der Waals surface area contributed by atoms with Crippen molar-refractivity contribution in [3.63, 3.8) is 0 Å². The summed E-state index contributed by atoms with van der Waals surface area (Å²) in [6.45, 7) is 6.80. The van der Waals surface area contributed by atoms with E-state index in [1.54, 1.807) is 0 Å². The molecule has 1 aromatic carbocycles. The molecule has 0 bridgehead atoms. The van der Waals surface area contributed by atoms with E-state index in [-0.39, 0.29) is 0 Å². The highest BCUT2D eigenvalue weighted by atomic mass is 16.5. The summed E-state index contributed by atoms with van der Waals surface area (Å²) < 4.78 is 5.58. The van der Waals surface area contributed by atoms with Crippen LogP contribution in [0.3, 0.4) is 0 Å². The molecule has 0 amide bonds. The average molecular weight is 175 g/mol. The smallest absolute Gasteiger partial charge is 0.123 e. The lowest BCUT2D eigenvalue weighted by Gasteiger charge is -2.11. The van der Waals surface area contributed by atoms with Crippen LogP contribution in [0.15, 0.2) is 18.2 Å². The highest BCUT2D eigenvalue weighted by molar-refractivity contribution is 5.46. The molecule has 0 N–H and O–H groups in total. The molecule has 69 valence electrons. The van der Waals surface area contributed by atoms with Crippen LogP contribution in [0.5, 0.6) is 5.75 Å². The van der Waals surface area contributed by atoms with Gasteiger partial charge in [-0.1, -0.05) is 12.1 Å². The molecule has 0 saturated heterocycles. The Hall–Kier alpha value is -0.980. The van der Waals surface area contributed by atoms with Crippen molar-refractivity contribution < 1.29 is 4.74 Å². The largest absolute Gasteiger partial charge is 0.494 e. The van der Waals surface area contributed by atoms with E-state index in [0.717, 1.165) is 23.8 Å². The number of ether oxygens (including phenoxy) is 1. The molecular formula is C12H15O. The van der Waals surface area contributed by atoms with Crippen LogP contribution in [0.1, 0.15) is 36.8 Å². The molecular weight excluding hydrogens is 160 g/mol. The van der Waals surface area contributed by atoms with E-state index >= 15 is 0 Å². The summed E-state index contributed by atoms with van der Waals surface area (Å²) in [7, 11) is 0. The van der Waals surface area contributed by atoms with Crippen molar-refractivity contribution in [1.29, 1.82) is 0 Å². The quantitative estimate of drug-likeness (QED) is 0.685. The van der Waals surface area contributed by atoms with E-state index < -0.39 is 0 Å². The monoisotopic (exact) mass is 175 g/mol. The van der Waals surface area contributed by atoms with Gasteiger partial charge in [0, 0.05) is 5.56 Å². The Morgan fingerprint density at radius 1 is 1.46 bits per heavy atom. The molecule has 1 saturated carbocycles. The lowest BCUT2D eigenvalue weighted by atomic mass is 10.0. The first-order valence-corrected chi connectivity index (χ1v) is 4.90. The molecule has 0 aromatic heterocycles. The first-order valence-electron chi connectivity index (χ1n) is 4.90. The number of hydrogen-bond acceptors (Lipinski definition) is 1. The van der Waals surface area contributed by atoms with Crippen molar-refractivity contribution in [3.05, 3.63) is 36.2 Å². The lowest BCUT2D eigenvalue weighted by molar-refractivity contribution is 0.336. The summed E-state index contributed by atoms with van der Waals surface area (Å²) in [5.74, 6) is 1.76. The topological polar surface area (TPSA) is 9.23 Å². The fraction of sp³-hybridized carbons (Fsp3) is 0.417.